The third-order valence-electron chi connectivity index (χ3n) is 6.14. The van der Waals surface area contributed by atoms with Gasteiger partial charge < -0.3 is 19.7 Å². The van der Waals surface area contributed by atoms with Crippen molar-refractivity contribution >= 4 is 17.5 Å². The lowest BCUT2D eigenvalue weighted by Gasteiger charge is -2.38. The molecule has 0 unspecified atom stereocenters. The number of nitrogens with one attached hydrogen (secondary N) is 1. The van der Waals surface area contributed by atoms with Crippen LogP contribution in [0.3, 0.4) is 0 Å². The summed E-state index contributed by atoms with van der Waals surface area (Å²) in [5.74, 6) is 1.44. The van der Waals surface area contributed by atoms with Gasteiger partial charge in [0.2, 0.25) is 11.8 Å². The van der Waals surface area contributed by atoms with Crippen LogP contribution in [-0.4, -0.2) is 56.3 Å². The topological polar surface area (TPSA) is 120 Å². The zero-order valence-corrected chi connectivity index (χ0v) is 20.6. The molecule has 1 fully saturated rings. The quantitative estimate of drug-likeness (QED) is 0.353. The molecule has 5 rings (SSSR count). The number of aryl methyl sites for hydroxylation is 1. The van der Waals surface area contributed by atoms with E-state index in [1.165, 1.54) is 23.9 Å². The molecule has 0 atom stereocenters. The fourth-order valence-corrected chi connectivity index (χ4v) is 3.91. The van der Waals surface area contributed by atoms with Crippen LogP contribution in [0.25, 0.3) is 5.69 Å². The Morgan fingerprint density at radius 3 is 2.58 bits per heavy atom. The zero-order chi connectivity index (χ0) is 26.6. The van der Waals surface area contributed by atoms with Crippen LogP contribution in [0.5, 0.6) is 11.6 Å². The maximum atomic E-state index is 12.9. The Balaban J connectivity index is 1.16. The molecule has 1 amide bonds. The minimum absolute atomic E-state index is 0.0682. The third kappa shape index (κ3) is 5.21. The van der Waals surface area contributed by atoms with Gasteiger partial charge in [-0.3, -0.25) is 4.79 Å². The number of alkyl halides is 2. The van der Waals surface area contributed by atoms with Gasteiger partial charge in [-0.2, -0.15) is 0 Å². The maximum Gasteiger partial charge on any atom is 0.263 e. The highest BCUT2D eigenvalue weighted by Gasteiger charge is 2.34. The molecule has 0 spiro atoms. The summed E-state index contributed by atoms with van der Waals surface area (Å²) in [5.41, 5.74) is 1.82. The molecule has 1 saturated heterocycles. The third-order valence-corrected chi connectivity index (χ3v) is 6.14. The van der Waals surface area contributed by atoms with Crippen molar-refractivity contribution in [2.45, 2.75) is 20.0 Å². The van der Waals surface area contributed by atoms with Crippen LogP contribution in [-0.2, 0) is 11.4 Å². The second kappa shape index (κ2) is 10.7. The largest absolute Gasteiger partial charge is 0.493 e. The molecule has 4 aromatic rings. The summed E-state index contributed by atoms with van der Waals surface area (Å²) in [7, 11) is 1.52. The molecule has 1 N–H and O–H groups in total. The number of carbonyl (C=O) groups is 1. The van der Waals surface area contributed by atoms with E-state index in [2.05, 4.69) is 30.8 Å². The second-order valence-corrected chi connectivity index (χ2v) is 8.59. The summed E-state index contributed by atoms with van der Waals surface area (Å²) in [6.07, 6.45) is -0.954. The Hall–Kier alpha value is -4.68. The molecule has 196 valence electrons. The molecule has 0 bridgehead atoms. The minimum Gasteiger partial charge on any atom is -0.493 e. The Labute approximate surface area is 216 Å². The van der Waals surface area contributed by atoms with Crippen molar-refractivity contribution in [3.8, 4) is 17.3 Å². The van der Waals surface area contributed by atoms with Gasteiger partial charge in [0.1, 0.15) is 12.3 Å². The Morgan fingerprint density at radius 1 is 1.11 bits per heavy atom. The number of hydrogen-bond acceptors (Lipinski definition) is 9. The number of ether oxygens (including phenoxy) is 2. The monoisotopic (exact) mass is 522 g/mol. The number of methoxy groups -OCH3 is 1. The van der Waals surface area contributed by atoms with Crippen molar-refractivity contribution in [3.05, 3.63) is 71.7 Å². The van der Waals surface area contributed by atoms with E-state index in [0.717, 1.165) is 0 Å². The fourth-order valence-electron chi connectivity index (χ4n) is 3.91. The van der Waals surface area contributed by atoms with E-state index in [1.807, 2.05) is 4.90 Å². The Morgan fingerprint density at radius 2 is 1.89 bits per heavy atom. The lowest BCUT2D eigenvalue weighted by atomic mass is 9.99. The van der Waals surface area contributed by atoms with Crippen LogP contribution >= 0.6 is 0 Å². The molecule has 4 heterocycles. The molecular weight excluding hydrogens is 498 g/mol. The highest BCUT2D eigenvalue weighted by Crippen LogP contribution is 2.27. The number of nitrogens with zero attached hydrogens (tertiary/aromatic N) is 7. The SMILES string of the molecule is COc1cccnc1NC(=O)C1CN(c2ccc(OCc3c(C)nnn3-c3ccc(C(F)F)cc3)nn2)C1. The first-order chi connectivity index (χ1) is 18.4. The van der Waals surface area contributed by atoms with Gasteiger partial charge >= 0.3 is 0 Å². The van der Waals surface area contributed by atoms with E-state index in [1.54, 1.807) is 49.5 Å². The smallest absolute Gasteiger partial charge is 0.263 e. The van der Waals surface area contributed by atoms with Gasteiger partial charge in [0.15, 0.2) is 17.4 Å². The normalized spacial score (nSPS) is 13.3. The minimum atomic E-state index is -2.54. The number of anilines is 2. The molecular formula is C25H24F2N8O3. The van der Waals surface area contributed by atoms with Crippen molar-refractivity contribution in [1.29, 1.82) is 0 Å². The molecule has 0 saturated carbocycles. The number of rotatable bonds is 9. The van der Waals surface area contributed by atoms with Crippen LogP contribution in [0, 0.1) is 12.8 Å². The van der Waals surface area contributed by atoms with Gasteiger partial charge in [-0.25, -0.2) is 18.4 Å². The van der Waals surface area contributed by atoms with Crippen LogP contribution in [0.15, 0.2) is 54.7 Å². The average Bonchev–Trinajstić information content (AvgIpc) is 3.27. The van der Waals surface area contributed by atoms with Gasteiger partial charge in [-0.15, -0.1) is 15.3 Å². The molecule has 0 aliphatic carbocycles. The van der Waals surface area contributed by atoms with Crippen molar-refractivity contribution in [1.82, 2.24) is 30.2 Å². The summed E-state index contributed by atoms with van der Waals surface area (Å²) < 4.78 is 38.3. The number of aromatic nitrogens is 6. The molecule has 38 heavy (non-hydrogen) atoms. The average molecular weight is 523 g/mol. The summed E-state index contributed by atoms with van der Waals surface area (Å²) in [6, 6.07) is 12.7. The summed E-state index contributed by atoms with van der Waals surface area (Å²) in [4.78, 5) is 18.6. The molecule has 11 nitrogen and oxygen atoms in total. The van der Waals surface area contributed by atoms with Crippen molar-refractivity contribution in [2.75, 3.05) is 30.4 Å². The maximum absolute atomic E-state index is 12.9. The van der Waals surface area contributed by atoms with Gasteiger partial charge in [-0.1, -0.05) is 17.3 Å². The van der Waals surface area contributed by atoms with E-state index >= 15 is 0 Å². The second-order valence-electron chi connectivity index (χ2n) is 8.59. The van der Waals surface area contributed by atoms with E-state index in [-0.39, 0.29) is 24.0 Å². The lowest BCUT2D eigenvalue weighted by molar-refractivity contribution is -0.120. The number of benzene rings is 1. The molecule has 1 aliphatic heterocycles. The number of carbonyl (C=O) groups excluding carboxylic acids is 1. The van der Waals surface area contributed by atoms with Crippen molar-refractivity contribution < 1.29 is 23.0 Å². The van der Waals surface area contributed by atoms with Gasteiger partial charge in [0.05, 0.1) is 24.4 Å². The Kier molecular flexibility index (Phi) is 7.07. The molecule has 3 aromatic heterocycles. The first-order valence-corrected chi connectivity index (χ1v) is 11.7. The van der Waals surface area contributed by atoms with E-state index in [9.17, 15) is 13.6 Å². The number of halogens is 2. The summed E-state index contributed by atoms with van der Waals surface area (Å²) in [6.45, 7) is 2.87. The van der Waals surface area contributed by atoms with Gasteiger partial charge in [0, 0.05) is 30.9 Å². The number of amides is 1. The molecule has 0 radical (unpaired) electrons. The van der Waals surface area contributed by atoms with Crippen LogP contribution in [0.4, 0.5) is 20.4 Å². The number of hydrogen-bond donors (Lipinski definition) is 1. The first-order valence-electron chi connectivity index (χ1n) is 11.7. The van der Waals surface area contributed by atoms with Crippen LogP contribution < -0.4 is 19.7 Å². The van der Waals surface area contributed by atoms with Gasteiger partial charge in [-0.05, 0) is 37.3 Å². The highest BCUT2D eigenvalue weighted by molar-refractivity contribution is 5.94. The highest BCUT2D eigenvalue weighted by atomic mass is 19.3. The first kappa shape index (κ1) is 25.0. The molecule has 1 aliphatic rings. The fraction of sp³-hybridized carbons (Fsp3) is 0.280. The number of pyridine rings is 1. The van der Waals surface area contributed by atoms with Crippen LogP contribution in [0.2, 0.25) is 0 Å². The Bertz CT molecular complexity index is 1410. The molecule has 1 aromatic carbocycles. The predicted octanol–water partition coefficient (Wildman–Crippen LogP) is 3.36. The van der Waals surface area contributed by atoms with E-state index < -0.39 is 6.43 Å². The van der Waals surface area contributed by atoms with Crippen molar-refractivity contribution in [2.24, 2.45) is 5.92 Å². The van der Waals surface area contributed by atoms with Crippen molar-refractivity contribution in [3.63, 3.8) is 0 Å². The zero-order valence-electron chi connectivity index (χ0n) is 20.6. The van der Waals surface area contributed by atoms with E-state index in [4.69, 9.17) is 9.47 Å². The summed E-state index contributed by atoms with van der Waals surface area (Å²) in [5, 5.41) is 19.3. The lowest BCUT2D eigenvalue weighted by Crippen LogP contribution is -2.52. The molecule has 13 heteroatoms. The predicted molar refractivity (Wildman–Crippen MR) is 133 cm³/mol. The van der Waals surface area contributed by atoms with Gasteiger partial charge in [0.25, 0.3) is 6.43 Å². The van der Waals surface area contributed by atoms with Crippen LogP contribution in [0.1, 0.15) is 23.4 Å². The van der Waals surface area contributed by atoms with E-state index in [0.29, 0.717) is 53.4 Å². The standard InChI is InChI=1S/C25H24F2N8O3/c1-15-19(35(33-30-15)18-7-5-16(6-8-18)23(26)27)14-38-22-10-9-21(31-32-22)34-12-17(13-34)25(36)29-24-20(37-2)4-3-11-28-24/h3-11,17,23H,12-14H2,1-2H3,(H,28,29,36). The summed E-state index contributed by atoms with van der Waals surface area (Å²) >= 11 is 0.